The largest absolute Gasteiger partial charge is 0.310 e. The highest BCUT2D eigenvalue weighted by atomic mass is 15.3. The number of aromatic nitrogens is 2. The first kappa shape index (κ1) is 13.6. The van der Waals surface area contributed by atoms with E-state index in [-0.39, 0.29) is 5.54 Å². The van der Waals surface area contributed by atoms with E-state index in [4.69, 9.17) is 0 Å². The Bertz CT molecular complexity index is 381. The first-order chi connectivity index (χ1) is 8.46. The van der Waals surface area contributed by atoms with Crippen molar-refractivity contribution in [3.8, 4) is 0 Å². The SMILES string of the molecule is CC(C)n1ccc(CN2CCCNC(C)(C)C2)n1. The quantitative estimate of drug-likeness (QED) is 0.891. The Labute approximate surface area is 110 Å². The van der Waals surface area contributed by atoms with Crippen LogP contribution in [0.15, 0.2) is 12.3 Å². The molecule has 0 saturated carbocycles. The van der Waals surface area contributed by atoms with Crippen LogP contribution >= 0.6 is 0 Å². The Balaban J connectivity index is 1.98. The molecule has 0 amide bonds. The molecule has 1 aromatic heterocycles. The van der Waals surface area contributed by atoms with Crippen molar-refractivity contribution in [2.24, 2.45) is 0 Å². The first-order valence-electron chi connectivity index (χ1n) is 6.98. The predicted octanol–water partition coefficient (Wildman–Crippen LogP) is 2.04. The standard InChI is InChI=1S/C14H26N4/c1-12(2)18-9-6-13(16-18)10-17-8-5-7-15-14(3,4)11-17/h6,9,12,15H,5,7-8,10-11H2,1-4H3. The molecular formula is C14H26N4. The zero-order valence-corrected chi connectivity index (χ0v) is 12.1. The summed E-state index contributed by atoms with van der Waals surface area (Å²) in [7, 11) is 0. The fraction of sp³-hybridized carbons (Fsp3) is 0.786. The smallest absolute Gasteiger partial charge is 0.0764 e. The molecule has 0 bridgehead atoms. The van der Waals surface area contributed by atoms with Crippen LogP contribution in [0.5, 0.6) is 0 Å². The molecule has 1 aromatic rings. The highest BCUT2D eigenvalue weighted by Gasteiger charge is 2.24. The van der Waals surface area contributed by atoms with Crippen LogP contribution < -0.4 is 5.32 Å². The second-order valence-electron chi connectivity index (χ2n) is 6.26. The minimum Gasteiger partial charge on any atom is -0.310 e. The lowest BCUT2D eigenvalue weighted by Gasteiger charge is -2.29. The zero-order valence-electron chi connectivity index (χ0n) is 12.1. The van der Waals surface area contributed by atoms with Crippen LogP contribution in [0.3, 0.4) is 0 Å². The first-order valence-corrected chi connectivity index (χ1v) is 6.98. The molecule has 0 aliphatic carbocycles. The van der Waals surface area contributed by atoms with E-state index in [0.717, 1.165) is 26.2 Å². The van der Waals surface area contributed by atoms with Gasteiger partial charge in [-0.25, -0.2) is 0 Å². The van der Waals surface area contributed by atoms with Crippen molar-refractivity contribution >= 4 is 0 Å². The molecule has 18 heavy (non-hydrogen) atoms. The minimum atomic E-state index is 0.205. The summed E-state index contributed by atoms with van der Waals surface area (Å²) in [5.41, 5.74) is 1.39. The molecule has 4 heteroatoms. The molecule has 0 atom stereocenters. The van der Waals surface area contributed by atoms with E-state index in [1.807, 2.05) is 4.68 Å². The van der Waals surface area contributed by atoms with Gasteiger partial charge in [0.05, 0.1) is 5.69 Å². The van der Waals surface area contributed by atoms with Gasteiger partial charge < -0.3 is 5.32 Å². The van der Waals surface area contributed by atoms with E-state index in [1.165, 1.54) is 12.1 Å². The highest BCUT2D eigenvalue weighted by molar-refractivity contribution is 5.00. The van der Waals surface area contributed by atoms with Crippen molar-refractivity contribution in [3.05, 3.63) is 18.0 Å². The highest BCUT2D eigenvalue weighted by Crippen LogP contribution is 2.13. The van der Waals surface area contributed by atoms with Crippen molar-refractivity contribution in [1.29, 1.82) is 0 Å². The maximum absolute atomic E-state index is 4.64. The third-order valence-corrected chi connectivity index (χ3v) is 3.45. The van der Waals surface area contributed by atoms with Gasteiger partial charge in [0.2, 0.25) is 0 Å². The van der Waals surface area contributed by atoms with Crippen LogP contribution in [-0.4, -0.2) is 39.9 Å². The molecule has 2 heterocycles. The molecule has 1 aliphatic rings. The summed E-state index contributed by atoms with van der Waals surface area (Å²) in [5.74, 6) is 0. The van der Waals surface area contributed by atoms with Crippen molar-refractivity contribution in [1.82, 2.24) is 20.0 Å². The summed E-state index contributed by atoms with van der Waals surface area (Å²) in [5, 5.41) is 8.23. The van der Waals surface area contributed by atoms with E-state index < -0.39 is 0 Å². The molecule has 1 saturated heterocycles. The maximum atomic E-state index is 4.64. The third kappa shape index (κ3) is 3.56. The summed E-state index contributed by atoms with van der Waals surface area (Å²) < 4.78 is 2.04. The summed E-state index contributed by atoms with van der Waals surface area (Å²) in [6.07, 6.45) is 3.30. The third-order valence-electron chi connectivity index (χ3n) is 3.45. The van der Waals surface area contributed by atoms with Crippen molar-refractivity contribution in [3.63, 3.8) is 0 Å². The van der Waals surface area contributed by atoms with Crippen molar-refractivity contribution in [2.75, 3.05) is 19.6 Å². The second kappa shape index (κ2) is 5.41. The van der Waals surface area contributed by atoms with Gasteiger partial charge in [-0.15, -0.1) is 0 Å². The Morgan fingerprint density at radius 2 is 2.22 bits per heavy atom. The van der Waals surface area contributed by atoms with E-state index in [0.29, 0.717) is 6.04 Å². The summed E-state index contributed by atoms with van der Waals surface area (Å²) in [6.45, 7) is 13.2. The molecule has 0 radical (unpaired) electrons. The van der Waals surface area contributed by atoms with Crippen LogP contribution in [0.1, 0.15) is 45.9 Å². The van der Waals surface area contributed by atoms with Crippen molar-refractivity contribution in [2.45, 2.75) is 52.2 Å². The van der Waals surface area contributed by atoms with Crippen LogP contribution in [0, 0.1) is 0 Å². The normalized spacial score (nSPS) is 21.2. The topological polar surface area (TPSA) is 33.1 Å². The number of nitrogens with zero attached hydrogens (tertiary/aromatic N) is 3. The summed E-state index contributed by atoms with van der Waals surface area (Å²) in [6, 6.07) is 2.59. The zero-order chi connectivity index (χ0) is 13.2. The molecule has 0 aromatic carbocycles. The lowest BCUT2D eigenvalue weighted by Crippen LogP contribution is -2.46. The van der Waals surface area contributed by atoms with Gasteiger partial charge in [0.15, 0.2) is 0 Å². The summed E-state index contributed by atoms with van der Waals surface area (Å²) >= 11 is 0. The van der Waals surface area contributed by atoms with Crippen LogP contribution in [0.2, 0.25) is 0 Å². The molecule has 0 unspecified atom stereocenters. The van der Waals surface area contributed by atoms with Gasteiger partial charge in [0.1, 0.15) is 0 Å². The summed E-state index contributed by atoms with van der Waals surface area (Å²) in [4.78, 5) is 2.51. The lowest BCUT2D eigenvalue weighted by atomic mass is 10.1. The Morgan fingerprint density at radius 3 is 2.89 bits per heavy atom. The van der Waals surface area contributed by atoms with Gasteiger partial charge >= 0.3 is 0 Å². The van der Waals surface area contributed by atoms with E-state index in [2.05, 4.69) is 55.3 Å². The molecule has 4 nitrogen and oxygen atoms in total. The van der Waals surface area contributed by atoms with E-state index in [9.17, 15) is 0 Å². The monoisotopic (exact) mass is 250 g/mol. The van der Waals surface area contributed by atoms with E-state index >= 15 is 0 Å². The molecule has 1 N–H and O–H groups in total. The van der Waals surface area contributed by atoms with Gasteiger partial charge in [0.25, 0.3) is 0 Å². The van der Waals surface area contributed by atoms with Gasteiger partial charge in [-0.05, 0) is 53.3 Å². The average Bonchev–Trinajstić information content (AvgIpc) is 2.65. The molecule has 1 fully saturated rings. The minimum absolute atomic E-state index is 0.205. The van der Waals surface area contributed by atoms with Gasteiger partial charge in [0, 0.05) is 30.9 Å². The fourth-order valence-electron chi connectivity index (χ4n) is 2.54. The second-order valence-corrected chi connectivity index (χ2v) is 6.26. The number of hydrogen-bond donors (Lipinski definition) is 1. The average molecular weight is 250 g/mol. The number of rotatable bonds is 3. The maximum Gasteiger partial charge on any atom is 0.0764 e. The van der Waals surface area contributed by atoms with Gasteiger partial charge in [-0.2, -0.15) is 5.10 Å². The molecule has 0 spiro atoms. The molecule has 1 aliphatic heterocycles. The van der Waals surface area contributed by atoms with Crippen LogP contribution in [0.25, 0.3) is 0 Å². The Hall–Kier alpha value is -0.870. The van der Waals surface area contributed by atoms with Gasteiger partial charge in [-0.3, -0.25) is 9.58 Å². The Kier molecular flexibility index (Phi) is 4.07. The van der Waals surface area contributed by atoms with Gasteiger partial charge in [-0.1, -0.05) is 0 Å². The molecular weight excluding hydrogens is 224 g/mol. The lowest BCUT2D eigenvalue weighted by molar-refractivity contribution is 0.221. The van der Waals surface area contributed by atoms with Crippen LogP contribution in [-0.2, 0) is 6.54 Å². The van der Waals surface area contributed by atoms with Crippen molar-refractivity contribution < 1.29 is 0 Å². The molecule has 2 rings (SSSR count). The van der Waals surface area contributed by atoms with Crippen LogP contribution in [0.4, 0.5) is 0 Å². The predicted molar refractivity (Wildman–Crippen MR) is 74.6 cm³/mol. The fourth-order valence-corrected chi connectivity index (χ4v) is 2.54. The Morgan fingerprint density at radius 1 is 1.44 bits per heavy atom. The molecule has 102 valence electrons. The number of nitrogens with one attached hydrogen (secondary N) is 1. The number of hydrogen-bond acceptors (Lipinski definition) is 3. The van der Waals surface area contributed by atoms with E-state index in [1.54, 1.807) is 0 Å².